The number of anilines is 1. The number of ether oxygens (including phenoxy) is 2. The minimum Gasteiger partial charge on any atom is -0.494 e. The van der Waals surface area contributed by atoms with E-state index in [-0.39, 0.29) is 5.91 Å². The molecule has 22 heavy (non-hydrogen) atoms. The molecule has 0 spiro atoms. The zero-order chi connectivity index (χ0) is 15.9. The summed E-state index contributed by atoms with van der Waals surface area (Å²) in [6.45, 7) is 6.76. The molecule has 116 valence electrons. The van der Waals surface area contributed by atoms with E-state index in [0.29, 0.717) is 36.0 Å². The Kier molecular flexibility index (Phi) is 5.36. The summed E-state index contributed by atoms with van der Waals surface area (Å²) in [5, 5.41) is 2.85. The zero-order valence-corrected chi connectivity index (χ0v) is 13.1. The molecule has 0 radical (unpaired) electrons. The van der Waals surface area contributed by atoms with Gasteiger partial charge in [-0.3, -0.25) is 9.78 Å². The van der Waals surface area contributed by atoms with Gasteiger partial charge in [0.25, 0.3) is 5.91 Å². The van der Waals surface area contributed by atoms with Crippen LogP contribution in [-0.4, -0.2) is 24.1 Å². The highest BCUT2D eigenvalue weighted by molar-refractivity contribution is 6.04. The number of carbonyl (C=O) groups excluding carboxylic acids is 1. The molecule has 2 rings (SSSR count). The molecule has 0 saturated carbocycles. The molecule has 2 aromatic rings. The summed E-state index contributed by atoms with van der Waals surface area (Å²) in [4.78, 5) is 16.4. The maximum Gasteiger partial charge on any atom is 0.257 e. The first-order valence-corrected chi connectivity index (χ1v) is 7.27. The second kappa shape index (κ2) is 7.45. The fourth-order valence-corrected chi connectivity index (χ4v) is 1.94. The first-order valence-electron chi connectivity index (χ1n) is 7.27. The average molecular weight is 300 g/mol. The molecule has 1 aromatic carbocycles. The van der Waals surface area contributed by atoms with Crippen LogP contribution in [0.5, 0.6) is 11.5 Å². The van der Waals surface area contributed by atoms with Gasteiger partial charge in [-0.15, -0.1) is 0 Å². The van der Waals surface area contributed by atoms with Gasteiger partial charge in [0, 0.05) is 18.0 Å². The van der Waals surface area contributed by atoms with Crippen molar-refractivity contribution in [1.82, 2.24) is 4.98 Å². The number of pyridine rings is 1. The van der Waals surface area contributed by atoms with Gasteiger partial charge in [-0.25, -0.2) is 0 Å². The number of nitrogens with one attached hydrogen (secondary N) is 1. The molecule has 0 unspecified atom stereocenters. The molecule has 5 nitrogen and oxygen atoms in total. The number of carbonyl (C=O) groups is 1. The number of nitrogens with zero attached hydrogens (tertiary/aromatic N) is 1. The standard InChI is InChI=1S/C17H20N2O3/c1-4-21-14-8-9-16(22-5-2)15(10-14)19-17(20)13-7-6-12(3)18-11-13/h6-11H,4-5H2,1-3H3,(H,19,20). The zero-order valence-electron chi connectivity index (χ0n) is 13.1. The van der Waals surface area contributed by atoms with Crippen molar-refractivity contribution in [3.63, 3.8) is 0 Å². The van der Waals surface area contributed by atoms with E-state index >= 15 is 0 Å². The van der Waals surface area contributed by atoms with Crippen molar-refractivity contribution in [2.75, 3.05) is 18.5 Å². The predicted octanol–water partition coefficient (Wildman–Crippen LogP) is 3.44. The third-order valence-electron chi connectivity index (χ3n) is 2.98. The van der Waals surface area contributed by atoms with E-state index in [1.54, 1.807) is 30.5 Å². The van der Waals surface area contributed by atoms with E-state index < -0.39 is 0 Å². The fourth-order valence-electron chi connectivity index (χ4n) is 1.94. The van der Waals surface area contributed by atoms with Crippen molar-refractivity contribution in [3.8, 4) is 11.5 Å². The van der Waals surface area contributed by atoms with Crippen LogP contribution in [0.4, 0.5) is 5.69 Å². The molecule has 0 atom stereocenters. The van der Waals surface area contributed by atoms with Crippen LogP contribution in [-0.2, 0) is 0 Å². The molecule has 0 fully saturated rings. The highest BCUT2D eigenvalue weighted by Crippen LogP contribution is 2.29. The number of amides is 1. The minimum atomic E-state index is -0.234. The molecule has 1 heterocycles. The van der Waals surface area contributed by atoms with Crippen LogP contribution in [0.25, 0.3) is 0 Å². The first-order chi connectivity index (χ1) is 10.6. The van der Waals surface area contributed by atoms with Crippen LogP contribution in [0.1, 0.15) is 29.9 Å². The van der Waals surface area contributed by atoms with Gasteiger partial charge < -0.3 is 14.8 Å². The van der Waals surface area contributed by atoms with Crippen LogP contribution >= 0.6 is 0 Å². The lowest BCUT2D eigenvalue weighted by Gasteiger charge is -2.13. The Hall–Kier alpha value is -2.56. The Morgan fingerprint density at radius 1 is 1.14 bits per heavy atom. The van der Waals surface area contributed by atoms with Gasteiger partial charge in [0.05, 0.1) is 24.5 Å². The maximum atomic E-state index is 12.3. The Morgan fingerprint density at radius 2 is 1.91 bits per heavy atom. The normalized spacial score (nSPS) is 10.1. The molecule has 1 amide bonds. The summed E-state index contributed by atoms with van der Waals surface area (Å²) in [6.07, 6.45) is 1.55. The van der Waals surface area contributed by atoms with Gasteiger partial charge in [-0.2, -0.15) is 0 Å². The second-order valence-corrected chi connectivity index (χ2v) is 4.67. The van der Waals surface area contributed by atoms with Gasteiger partial charge >= 0.3 is 0 Å². The van der Waals surface area contributed by atoms with E-state index in [0.717, 1.165) is 5.69 Å². The lowest BCUT2D eigenvalue weighted by molar-refractivity contribution is 0.102. The van der Waals surface area contributed by atoms with Gasteiger partial charge in [0.2, 0.25) is 0 Å². The van der Waals surface area contributed by atoms with Crippen molar-refractivity contribution in [2.24, 2.45) is 0 Å². The van der Waals surface area contributed by atoms with Crippen molar-refractivity contribution in [3.05, 3.63) is 47.8 Å². The molecular weight excluding hydrogens is 280 g/mol. The first kappa shape index (κ1) is 15.8. The van der Waals surface area contributed by atoms with Gasteiger partial charge in [0.1, 0.15) is 11.5 Å². The number of aromatic nitrogens is 1. The molecular formula is C17H20N2O3. The third-order valence-corrected chi connectivity index (χ3v) is 2.98. The van der Waals surface area contributed by atoms with Crippen LogP contribution in [0.2, 0.25) is 0 Å². The van der Waals surface area contributed by atoms with Crippen LogP contribution in [0, 0.1) is 6.92 Å². The largest absolute Gasteiger partial charge is 0.494 e. The summed E-state index contributed by atoms with van der Waals surface area (Å²) in [5.41, 5.74) is 1.94. The Bertz CT molecular complexity index is 639. The fraction of sp³-hybridized carbons (Fsp3) is 0.294. The van der Waals surface area contributed by atoms with E-state index in [1.807, 2.05) is 26.8 Å². The third kappa shape index (κ3) is 3.97. The van der Waals surface area contributed by atoms with Crippen LogP contribution in [0.15, 0.2) is 36.5 Å². The smallest absolute Gasteiger partial charge is 0.257 e. The highest BCUT2D eigenvalue weighted by atomic mass is 16.5. The van der Waals surface area contributed by atoms with Gasteiger partial charge in [-0.05, 0) is 45.0 Å². The number of rotatable bonds is 6. The Labute approximate surface area is 130 Å². The van der Waals surface area contributed by atoms with E-state index in [2.05, 4.69) is 10.3 Å². The van der Waals surface area contributed by atoms with Gasteiger partial charge in [-0.1, -0.05) is 0 Å². The molecule has 0 aliphatic carbocycles. The summed E-state index contributed by atoms with van der Waals surface area (Å²) in [7, 11) is 0. The van der Waals surface area contributed by atoms with Gasteiger partial charge in [0.15, 0.2) is 0 Å². The number of benzene rings is 1. The molecule has 0 aliphatic rings. The van der Waals surface area contributed by atoms with Crippen molar-refractivity contribution >= 4 is 11.6 Å². The van der Waals surface area contributed by atoms with E-state index in [1.165, 1.54) is 0 Å². The van der Waals surface area contributed by atoms with E-state index in [4.69, 9.17) is 9.47 Å². The lowest BCUT2D eigenvalue weighted by atomic mass is 10.2. The molecule has 0 saturated heterocycles. The number of aryl methyl sites for hydroxylation is 1. The van der Waals surface area contributed by atoms with Crippen molar-refractivity contribution in [1.29, 1.82) is 0 Å². The summed E-state index contributed by atoms with van der Waals surface area (Å²) < 4.78 is 11.0. The maximum absolute atomic E-state index is 12.3. The topological polar surface area (TPSA) is 60.5 Å². The van der Waals surface area contributed by atoms with Crippen LogP contribution in [0.3, 0.4) is 0 Å². The van der Waals surface area contributed by atoms with Crippen LogP contribution < -0.4 is 14.8 Å². The van der Waals surface area contributed by atoms with Crippen molar-refractivity contribution in [2.45, 2.75) is 20.8 Å². The quantitative estimate of drug-likeness (QED) is 0.887. The SMILES string of the molecule is CCOc1ccc(OCC)c(NC(=O)c2ccc(C)nc2)c1. The molecule has 1 N–H and O–H groups in total. The molecule has 0 aliphatic heterocycles. The monoisotopic (exact) mass is 300 g/mol. The molecule has 5 heteroatoms. The van der Waals surface area contributed by atoms with Crippen molar-refractivity contribution < 1.29 is 14.3 Å². The average Bonchev–Trinajstić information content (AvgIpc) is 2.51. The summed E-state index contributed by atoms with van der Waals surface area (Å²) in [5.74, 6) is 1.06. The highest BCUT2D eigenvalue weighted by Gasteiger charge is 2.11. The minimum absolute atomic E-state index is 0.234. The Balaban J connectivity index is 2.23. The molecule has 0 bridgehead atoms. The lowest BCUT2D eigenvalue weighted by Crippen LogP contribution is -2.13. The number of hydrogen-bond acceptors (Lipinski definition) is 4. The molecule has 1 aromatic heterocycles. The predicted molar refractivity (Wildman–Crippen MR) is 85.7 cm³/mol. The van der Waals surface area contributed by atoms with E-state index in [9.17, 15) is 4.79 Å². The Morgan fingerprint density at radius 3 is 2.55 bits per heavy atom. The second-order valence-electron chi connectivity index (χ2n) is 4.67. The summed E-state index contributed by atoms with van der Waals surface area (Å²) in [6, 6.07) is 8.91. The summed E-state index contributed by atoms with van der Waals surface area (Å²) >= 11 is 0. The number of hydrogen-bond donors (Lipinski definition) is 1.